The summed E-state index contributed by atoms with van der Waals surface area (Å²) in [6.07, 6.45) is 1.69. The molecule has 0 aromatic heterocycles. The maximum atomic E-state index is 11.8. The second-order valence-electron chi connectivity index (χ2n) is 4.89. The zero-order valence-electron chi connectivity index (χ0n) is 12.8. The highest BCUT2D eigenvalue weighted by molar-refractivity contribution is 5.87. The number of carbonyl (C=O) groups is 3. The van der Waals surface area contributed by atoms with Gasteiger partial charge < -0.3 is 19.9 Å². The molecule has 0 rings (SSSR count). The molecule has 0 unspecified atom stereocenters. The minimum absolute atomic E-state index is 0.0575. The predicted molar refractivity (Wildman–Crippen MR) is 75.2 cm³/mol. The predicted octanol–water partition coefficient (Wildman–Crippen LogP) is 0.170. The molecule has 7 nitrogen and oxygen atoms in total. The van der Waals surface area contributed by atoms with Crippen molar-refractivity contribution in [2.75, 3.05) is 14.2 Å². The SMILES string of the molecule is COC(=O)/C=C/C[C@@H](NC(=O)[C@@H](O)CC(C)C)C(=O)OC. The van der Waals surface area contributed by atoms with Crippen molar-refractivity contribution in [2.45, 2.75) is 38.8 Å². The van der Waals surface area contributed by atoms with Crippen LogP contribution in [0.2, 0.25) is 0 Å². The van der Waals surface area contributed by atoms with Crippen molar-refractivity contribution in [2.24, 2.45) is 5.92 Å². The highest BCUT2D eigenvalue weighted by Crippen LogP contribution is 2.06. The highest BCUT2D eigenvalue weighted by atomic mass is 16.5. The van der Waals surface area contributed by atoms with Gasteiger partial charge in [-0.15, -0.1) is 0 Å². The first kappa shape index (κ1) is 19.1. The molecule has 0 saturated carbocycles. The summed E-state index contributed by atoms with van der Waals surface area (Å²) in [6.45, 7) is 3.74. The summed E-state index contributed by atoms with van der Waals surface area (Å²) in [5, 5.41) is 12.1. The number of amides is 1. The molecule has 0 fully saturated rings. The third-order valence-corrected chi connectivity index (χ3v) is 2.63. The second-order valence-corrected chi connectivity index (χ2v) is 4.89. The van der Waals surface area contributed by atoms with E-state index in [0.717, 1.165) is 6.08 Å². The Balaban J connectivity index is 4.63. The number of nitrogens with one attached hydrogen (secondary N) is 1. The number of ether oxygens (including phenoxy) is 2. The van der Waals surface area contributed by atoms with E-state index in [0.29, 0.717) is 0 Å². The molecule has 0 bridgehead atoms. The zero-order chi connectivity index (χ0) is 16.4. The summed E-state index contributed by atoms with van der Waals surface area (Å²) in [5.74, 6) is -1.73. The maximum Gasteiger partial charge on any atom is 0.330 e. The number of carbonyl (C=O) groups excluding carboxylic acids is 3. The van der Waals surface area contributed by atoms with Gasteiger partial charge in [0.1, 0.15) is 12.1 Å². The average molecular weight is 301 g/mol. The van der Waals surface area contributed by atoms with Crippen molar-refractivity contribution in [1.82, 2.24) is 5.32 Å². The van der Waals surface area contributed by atoms with Gasteiger partial charge in [0.25, 0.3) is 0 Å². The molecule has 0 aliphatic carbocycles. The van der Waals surface area contributed by atoms with Crippen molar-refractivity contribution < 1.29 is 29.0 Å². The number of rotatable bonds is 8. The standard InChI is InChI=1S/C14H23NO6/c1-9(2)8-11(16)13(18)15-10(14(19)21-4)6-5-7-12(17)20-3/h5,7,9-11,16H,6,8H2,1-4H3,(H,15,18)/b7-5+/t10-,11+/m1/s1. The van der Waals surface area contributed by atoms with E-state index in [9.17, 15) is 19.5 Å². The Bertz CT molecular complexity index is 391. The summed E-state index contributed by atoms with van der Waals surface area (Å²) in [6, 6.07) is -0.967. The smallest absolute Gasteiger partial charge is 0.330 e. The summed E-state index contributed by atoms with van der Waals surface area (Å²) in [4.78, 5) is 34.3. The van der Waals surface area contributed by atoms with E-state index in [4.69, 9.17) is 0 Å². The fourth-order valence-electron chi connectivity index (χ4n) is 1.55. The van der Waals surface area contributed by atoms with Gasteiger partial charge in [-0.05, 0) is 18.8 Å². The molecule has 0 aromatic rings. The summed E-state index contributed by atoms with van der Waals surface area (Å²) >= 11 is 0. The van der Waals surface area contributed by atoms with Crippen LogP contribution in [0.5, 0.6) is 0 Å². The molecule has 0 aliphatic heterocycles. The van der Waals surface area contributed by atoms with Crippen molar-refractivity contribution in [1.29, 1.82) is 0 Å². The number of esters is 2. The Labute approximate surface area is 124 Å². The minimum atomic E-state index is -1.19. The van der Waals surface area contributed by atoms with E-state index < -0.39 is 30.0 Å². The summed E-state index contributed by atoms with van der Waals surface area (Å²) < 4.78 is 8.99. The van der Waals surface area contributed by atoms with Gasteiger partial charge in [0, 0.05) is 6.08 Å². The first-order chi connectivity index (χ1) is 9.81. The van der Waals surface area contributed by atoms with Crippen LogP contribution in [0.1, 0.15) is 26.7 Å². The van der Waals surface area contributed by atoms with Gasteiger partial charge in [-0.2, -0.15) is 0 Å². The van der Waals surface area contributed by atoms with Crippen LogP contribution in [0.4, 0.5) is 0 Å². The first-order valence-corrected chi connectivity index (χ1v) is 6.62. The number of aliphatic hydroxyl groups excluding tert-OH is 1. The van der Waals surface area contributed by atoms with Crippen LogP contribution in [0, 0.1) is 5.92 Å². The Morgan fingerprint density at radius 3 is 2.29 bits per heavy atom. The Morgan fingerprint density at radius 1 is 1.19 bits per heavy atom. The molecular formula is C14H23NO6. The van der Waals surface area contributed by atoms with Gasteiger partial charge in [0.2, 0.25) is 5.91 Å². The molecule has 0 heterocycles. The lowest BCUT2D eigenvalue weighted by atomic mass is 10.0. The number of methoxy groups -OCH3 is 2. The largest absolute Gasteiger partial charge is 0.467 e. The molecule has 120 valence electrons. The lowest BCUT2D eigenvalue weighted by Crippen LogP contribution is -2.46. The fourth-order valence-corrected chi connectivity index (χ4v) is 1.55. The molecule has 21 heavy (non-hydrogen) atoms. The van der Waals surface area contributed by atoms with Crippen molar-refractivity contribution in [3.05, 3.63) is 12.2 Å². The van der Waals surface area contributed by atoms with E-state index in [1.807, 2.05) is 13.8 Å². The van der Waals surface area contributed by atoms with Crippen LogP contribution in [0.3, 0.4) is 0 Å². The van der Waals surface area contributed by atoms with Crippen LogP contribution in [-0.4, -0.2) is 49.3 Å². The molecule has 1 amide bonds. The first-order valence-electron chi connectivity index (χ1n) is 6.62. The highest BCUT2D eigenvalue weighted by Gasteiger charge is 2.24. The van der Waals surface area contributed by atoms with Gasteiger partial charge in [-0.3, -0.25) is 4.79 Å². The van der Waals surface area contributed by atoms with E-state index in [2.05, 4.69) is 14.8 Å². The third-order valence-electron chi connectivity index (χ3n) is 2.63. The molecule has 0 aromatic carbocycles. The van der Waals surface area contributed by atoms with Crippen LogP contribution >= 0.6 is 0 Å². The topological polar surface area (TPSA) is 102 Å². The van der Waals surface area contributed by atoms with Crippen LogP contribution < -0.4 is 5.32 Å². The van der Waals surface area contributed by atoms with Crippen molar-refractivity contribution in [3.63, 3.8) is 0 Å². The number of aliphatic hydroxyl groups is 1. The van der Waals surface area contributed by atoms with Crippen LogP contribution in [0.15, 0.2) is 12.2 Å². The van der Waals surface area contributed by atoms with Gasteiger partial charge >= 0.3 is 11.9 Å². The molecule has 0 spiro atoms. The molecular weight excluding hydrogens is 278 g/mol. The molecule has 0 saturated heterocycles. The van der Waals surface area contributed by atoms with Crippen LogP contribution in [-0.2, 0) is 23.9 Å². The molecule has 2 atom stereocenters. The Hall–Kier alpha value is -1.89. The maximum absolute atomic E-state index is 11.8. The van der Waals surface area contributed by atoms with Gasteiger partial charge in [-0.25, -0.2) is 9.59 Å². The quantitative estimate of drug-likeness (QED) is 0.489. The van der Waals surface area contributed by atoms with E-state index in [1.54, 1.807) is 0 Å². The monoisotopic (exact) mass is 301 g/mol. The van der Waals surface area contributed by atoms with Gasteiger partial charge in [0.05, 0.1) is 14.2 Å². The average Bonchev–Trinajstić information content (AvgIpc) is 2.43. The Morgan fingerprint density at radius 2 is 1.81 bits per heavy atom. The summed E-state index contributed by atoms with van der Waals surface area (Å²) in [5.41, 5.74) is 0. The van der Waals surface area contributed by atoms with Crippen molar-refractivity contribution >= 4 is 17.8 Å². The molecule has 0 aliphatic rings. The molecule has 0 radical (unpaired) electrons. The minimum Gasteiger partial charge on any atom is -0.467 e. The Kier molecular flexibility index (Phi) is 9.03. The van der Waals surface area contributed by atoms with Gasteiger partial charge in [-0.1, -0.05) is 19.9 Å². The van der Waals surface area contributed by atoms with Crippen molar-refractivity contribution in [3.8, 4) is 0 Å². The fraction of sp³-hybridized carbons (Fsp3) is 0.643. The lowest BCUT2D eigenvalue weighted by Gasteiger charge is -2.18. The second kappa shape index (κ2) is 9.93. The molecule has 2 N–H and O–H groups in total. The van der Waals surface area contributed by atoms with E-state index in [-0.39, 0.29) is 18.8 Å². The van der Waals surface area contributed by atoms with E-state index in [1.165, 1.54) is 20.3 Å². The zero-order valence-corrected chi connectivity index (χ0v) is 12.8. The molecule has 7 heteroatoms. The number of hydrogen-bond donors (Lipinski definition) is 2. The lowest BCUT2D eigenvalue weighted by molar-refractivity contribution is -0.146. The summed E-state index contributed by atoms with van der Waals surface area (Å²) in [7, 11) is 2.42. The normalized spacial score (nSPS) is 13.8. The van der Waals surface area contributed by atoms with E-state index >= 15 is 0 Å². The van der Waals surface area contributed by atoms with Gasteiger partial charge in [0.15, 0.2) is 0 Å². The third kappa shape index (κ3) is 8.09. The number of hydrogen-bond acceptors (Lipinski definition) is 6. The van der Waals surface area contributed by atoms with Crippen LogP contribution in [0.25, 0.3) is 0 Å².